The van der Waals surface area contributed by atoms with Gasteiger partial charge in [-0.1, -0.05) is 4.49 Å². The zero-order valence-electron chi connectivity index (χ0n) is 10.5. The van der Waals surface area contributed by atoms with Gasteiger partial charge in [0.2, 0.25) is 0 Å². The number of anilines is 1. The molecule has 0 saturated carbocycles. The zero-order chi connectivity index (χ0) is 12.1. The number of hydrogen-bond donors (Lipinski definition) is 1. The second-order valence-corrected chi connectivity index (χ2v) is 5.31. The maximum atomic E-state index is 5.37. The van der Waals surface area contributed by atoms with Crippen molar-refractivity contribution in [1.82, 2.24) is 14.5 Å². The van der Waals surface area contributed by atoms with E-state index in [1.54, 1.807) is 0 Å². The quantitative estimate of drug-likeness (QED) is 0.864. The Morgan fingerprint density at radius 3 is 2.94 bits per heavy atom. The molecule has 17 heavy (non-hydrogen) atoms. The lowest BCUT2D eigenvalue weighted by molar-refractivity contribution is 0.0548. The highest BCUT2D eigenvalue weighted by Gasteiger charge is 2.17. The van der Waals surface area contributed by atoms with Gasteiger partial charge in [0.05, 0.1) is 0 Å². The molecule has 1 aromatic rings. The highest BCUT2D eigenvalue weighted by atomic mass is 32.1. The van der Waals surface area contributed by atoms with E-state index in [-0.39, 0.29) is 0 Å². The molecule has 0 spiro atoms. The summed E-state index contributed by atoms with van der Waals surface area (Å²) in [6, 6.07) is 0. The second-order valence-electron chi connectivity index (χ2n) is 4.55. The first kappa shape index (κ1) is 12.7. The Morgan fingerprint density at radius 1 is 1.47 bits per heavy atom. The molecule has 2 heterocycles. The van der Waals surface area contributed by atoms with Crippen molar-refractivity contribution >= 4 is 16.5 Å². The third kappa shape index (κ3) is 3.62. The number of rotatable bonds is 5. The summed E-state index contributed by atoms with van der Waals surface area (Å²) in [5, 5.41) is 8.36. The van der Waals surface area contributed by atoms with Gasteiger partial charge >= 0.3 is 0 Å². The summed E-state index contributed by atoms with van der Waals surface area (Å²) >= 11 is 1.42. The van der Waals surface area contributed by atoms with E-state index in [4.69, 9.17) is 4.74 Å². The van der Waals surface area contributed by atoms with Gasteiger partial charge < -0.3 is 15.0 Å². The van der Waals surface area contributed by atoms with Crippen molar-refractivity contribution in [3.63, 3.8) is 0 Å². The van der Waals surface area contributed by atoms with Crippen LogP contribution in [0.15, 0.2) is 0 Å². The number of nitrogens with zero attached hydrogens (tertiary/aromatic N) is 3. The third-order valence-electron chi connectivity index (χ3n) is 3.11. The molecule has 1 fully saturated rings. The Bertz CT molecular complexity index is 338. The number of hydrogen-bond acceptors (Lipinski definition) is 6. The van der Waals surface area contributed by atoms with E-state index >= 15 is 0 Å². The first-order valence-corrected chi connectivity index (χ1v) is 6.82. The molecule has 0 radical (unpaired) electrons. The molecule has 1 aromatic heterocycles. The zero-order valence-corrected chi connectivity index (χ0v) is 11.3. The number of ether oxygens (including phenoxy) is 1. The predicted molar refractivity (Wildman–Crippen MR) is 69.3 cm³/mol. The molecule has 6 heteroatoms. The van der Waals surface area contributed by atoms with Crippen molar-refractivity contribution in [2.75, 3.05) is 39.2 Å². The molecule has 1 aliphatic heterocycles. The van der Waals surface area contributed by atoms with E-state index in [0.29, 0.717) is 0 Å². The van der Waals surface area contributed by atoms with Crippen LogP contribution in [0.1, 0.15) is 18.5 Å². The van der Waals surface area contributed by atoms with E-state index < -0.39 is 0 Å². The van der Waals surface area contributed by atoms with E-state index in [0.717, 1.165) is 42.9 Å². The van der Waals surface area contributed by atoms with Crippen LogP contribution in [0, 0.1) is 5.92 Å². The Balaban J connectivity index is 1.82. The second kappa shape index (κ2) is 6.28. The van der Waals surface area contributed by atoms with Crippen molar-refractivity contribution < 1.29 is 4.74 Å². The molecular formula is C11H20N4OS. The van der Waals surface area contributed by atoms with Crippen molar-refractivity contribution in [2.24, 2.45) is 5.92 Å². The minimum absolute atomic E-state index is 0.762. The van der Waals surface area contributed by atoms with Crippen LogP contribution in [0.2, 0.25) is 0 Å². The van der Waals surface area contributed by atoms with E-state index in [1.165, 1.54) is 24.4 Å². The third-order valence-corrected chi connectivity index (χ3v) is 3.90. The molecule has 0 aromatic carbocycles. The highest BCUT2D eigenvalue weighted by Crippen LogP contribution is 2.20. The fourth-order valence-electron chi connectivity index (χ4n) is 2.19. The van der Waals surface area contributed by atoms with Crippen LogP contribution in [0.25, 0.3) is 0 Å². The van der Waals surface area contributed by atoms with Gasteiger partial charge in [-0.25, -0.2) is 0 Å². The summed E-state index contributed by atoms with van der Waals surface area (Å²) in [5.74, 6) is 0.762. The molecule has 96 valence electrons. The minimum Gasteiger partial charge on any atom is -0.381 e. The monoisotopic (exact) mass is 256 g/mol. The molecule has 1 aliphatic rings. The SMILES string of the molecule is CNc1snnc1CN(C)CC1CCOCC1. The van der Waals surface area contributed by atoms with Crippen LogP contribution < -0.4 is 5.32 Å². The van der Waals surface area contributed by atoms with Gasteiger partial charge in [0, 0.05) is 44.9 Å². The lowest BCUT2D eigenvalue weighted by Crippen LogP contribution is -2.29. The van der Waals surface area contributed by atoms with Crippen molar-refractivity contribution in [2.45, 2.75) is 19.4 Å². The molecular weight excluding hydrogens is 236 g/mol. The highest BCUT2D eigenvalue weighted by molar-refractivity contribution is 7.10. The lowest BCUT2D eigenvalue weighted by Gasteiger charge is -2.26. The molecule has 0 unspecified atom stereocenters. The summed E-state index contributed by atoms with van der Waals surface area (Å²) in [7, 11) is 4.06. The van der Waals surface area contributed by atoms with Gasteiger partial charge in [-0.05, 0) is 25.8 Å². The van der Waals surface area contributed by atoms with Gasteiger partial charge in [-0.15, -0.1) is 5.10 Å². The van der Waals surface area contributed by atoms with Crippen LogP contribution in [0.5, 0.6) is 0 Å². The molecule has 2 rings (SSSR count). The van der Waals surface area contributed by atoms with E-state index in [9.17, 15) is 0 Å². The molecule has 0 aliphatic carbocycles. The Kier molecular flexibility index (Phi) is 4.70. The fraction of sp³-hybridized carbons (Fsp3) is 0.818. The van der Waals surface area contributed by atoms with Crippen LogP contribution in [-0.2, 0) is 11.3 Å². The molecule has 0 atom stereocenters. The van der Waals surface area contributed by atoms with Gasteiger partial charge in [-0.2, -0.15) is 0 Å². The smallest absolute Gasteiger partial charge is 0.134 e. The van der Waals surface area contributed by atoms with Crippen LogP contribution in [0.4, 0.5) is 5.00 Å². The van der Waals surface area contributed by atoms with E-state index in [2.05, 4.69) is 26.9 Å². The van der Waals surface area contributed by atoms with Gasteiger partial charge in [0.15, 0.2) is 0 Å². The van der Waals surface area contributed by atoms with Gasteiger partial charge in [0.25, 0.3) is 0 Å². The Hall–Kier alpha value is -0.720. The topological polar surface area (TPSA) is 50.3 Å². The molecule has 1 N–H and O–H groups in total. The Labute approximate surface area is 106 Å². The lowest BCUT2D eigenvalue weighted by atomic mass is 10.00. The maximum absolute atomic E-state index is 5.37. The van der Waals surface area contributed by atoms with E-state index in [1.807, 2.05) is 7.05 Å². The maximum Gasteiger partial charge on any atom is 0.134 e. The Morgan fingerprint density at radius 2 is 2.24 bits per heavy atom. The minimum atomic E-state index is 0.762. The van der Waals surface area contributed by atoms with Crippen LogP contribution >= 0.6 is 11.5 Å². The summed E-state index contributed by atoms with van der Waals surface area (Å²) in [4.78, 5) is 2.33. The first-order chi connectivity index (χ1) is 8.29. The standard InChI is InChI=1S/C11H20N4OS/c1-12-11-10(13-14-17-11)8-15(2)7-9-3-5-16-6-4-9/h9,12H,3-8H2,1-2H3. The van der Waals surface area contributed by atoms with Gasteiger partial charge in [0.1, 0.15) is 10.7 Å². The predicted octanol–water partition coefficient (Wildman–Crippen LogP) is 1.44. The molecule has 1 saturated heterocycles. The average Bonchev–Trinajstić information content (AvgIpc) is 2.77. The van der Waals surface area contributed by atoms with Crippen molar-refractivity contribution in [3.05, 3.63) is 5.69 Å². The van der Waals surface area contributed by atoms with Crippen molar-refractivity contribution in [1.29, 1.82) is 0 Å². The van der Waals surface area contributed by atoms with Crippen LogP contribution in [-0.4, -0.2) is 48.3 Å². The molecule has 5 nitrogen and oxygen atoms in total. The van der Waals surface area contributed by atoms with Gasteiger partial charge in [-0.3, -0.25) is 0 Å². The summed E-state index contributed by atoms with van der Waals surface area (Å²) in [5.41, 5.74) is 1.05. The summed E-state index contributed by atoms with van der Waals surface area (Å²) < 4.78 is 9.35. The number of nitrogens with one attached hydrogen (secondary N) is 1. The summed E-state index contributed by atoms with van der Waals surface area (Å²) in [6.07, 6.45) is 2.36. The summed E-state index contributed by atoms with van der Waals surface area (Å²) in [6.45, 7) is 3.81. The van der Waals surface area contributed by atoms with Crippen LogP contribution in [0.3, 0.4) is 0 Å². The average molecular weight is 256 g/mol. The largest absolute Gasteiger partial charge is 0.381 e. The van der Waals surface area contributed by atoms with Crippen molar-refractivity contribution in [3.8, 4) is 0 Å². The fourth-order valence-corrected chi connectivity index (χ4v) is 2.72. The molecule has 0 bridgehead atoms. The normalized spacial score (nSPS) is 17.6. The molecule has 0 amide bonds. The number of aromatic nitrogens is 2. The first-order valence-electron chi connectivity index (χ1n) is 6.05.